The average molecular weight is 333 g/mol. The van der Waals surface area contributed by atoms with Gasteiger partial charge in [-0.05, 0) is 36.8 Å². The highest BCUT2D eigenvalue weighted by Crippen LogP contribution is 2.28. The quantitative estimate of drug-likeness (QED) is 0.756. The molecule has 20 heavy (non-hydrogen) atoms. The molecule has 0 saturated carbocycles. The van der Waals surface area contributed by atoms with Gasteiger partial charge in [-0.1, -0.05) is 22.0 Å². The SMILES string of the molecule is Cc1cc(CN)c(O)c(-n2nc3ccc(Br)cc3n2)c1. The molecule has 1 aromatic heterocycles. The summed E-state index contributed by atoms with van der Waals surface area (Å²) in [5.41, 5.74) is 9.39. The van der Waals surface area contributed by atoms with Crippen LogP contribution < -0.4 is 5.73 Å². The Morgan fingerprint density at radius 1 is 1.20 bits per heavy atom. The summed E-state index contributed by atoms with van der Waals surface area (Å²) in [6.07, 6.45) is 0. The maximum atomic E-state index is 10.3. The lowest BCUT2D eigenvalue weighted by molar-refractivity contribution is 0.460. The van der Waals surface area contributed by atoms with E-state index in [-0.39, 0.29) is 12.3 Å². The van der Waals surface area contributed by atoms with Gasteiger partial charge in [0.15, 0.2) is 0 Å². The standard InChI is InChI=1S/C14H13BrN4O/c1-8-4-9(7-16)14(20)13(5-8)19-17-11-3-2-10(15)6-12(11)18-19/h2-6,20H,7,16H2,1H3. The third-order valence-electron chi connectivity index (χ3n) is 3.09. The maximum Gasteiger partial charge on any atom is 0.147 e. The van der Waals surface area contributed by atoms with Crippen LogP contribution in [-0.4, -0.2) is 20.1 Å². The van der Waals surface area contributed by atoms with Crippen LogP contribution in [0.5, 0.6) is 5.75 Å². The van der Waals surface area contributed by atoms with Crippen molar-refractivity contribution in [2.75, 3.05) is 0 Å². The third kappa shape index (κ3) is 2.17. The number of aryl methyl sites for hydroxylation is 1. The molecule has 0 fully saturated rings. The molecule has 0 spiro atoms. The van der Waals surface area contributed by atoms with Gasteiger partial charge in [0.05, 0.1) is 0 Å². The Labute approximate surface area is 124 Å². The number of hydrogen-bond donors (Lipinski definition) is 2. The molecule has 0 amide bonds. The highest BCUT2D eigenvalue weighted by Gasteiger charge is 2.12. The summed E-state index contributed by atoms with van der Waals surface area (Å²) in [6.45, 7) is 2.22. The molecule has 0 aliphatic carbocycles. The molecule has 3 aromatic rings. The van der Waals surface area contributed by atoms with Crippen molar-refractivity contribution in [2.45, 2.75) is 13.5 Å². The van der Waals surface area contributed by atoms with E-state index in [9.17, 15) is 5.11 Å². The van der Waals surface area contributed by atoms with E-state index in [0.29, 0.717) is 11.3 Å². The molecular weight excluding hydrogens is 320 g/mol. The molecule has 1 heterocycles. The van der Waals surface area contributed by atoms with E-state index in [1.165, 1.54) is 4.80 Å². The van der Waals surface area contributed by atoms with E-state index in [2.05, 4.69) is 26.1 Å². The van der Waals surface area contributed by atoms with Crippen molar-refractivity contribution >= 4 is 27.0 Å². The second-order valence-corrected chi connectivity index (χ2v) is 5.53. The summed E-state index contributed by atoms with van der Waals surface area (Å²) >= 11 is 3.40. The normalized spacial score (nSPS) is 11.2. The Balaban J connectivity index is 2.22. The molecule has 3 rings (SSSR count). The van der Waals surface area contributed by atoms with Crippen LogP contribution in [0.3, 0.4) is 0 Å². The molecule has 102 valence electrons. The van der Waals surface area contributed by atoms with Crippen molar-refractivity contribution in [3.05, 3.63) is 45.9 Å². The number of phenols is 1. The molecule has 2 aromatic carbocycles. The van der Waals surface area contributed by atoms with Crippen LogP contribution in [0.25, 0.3) is 16.7 Å². The van der Waals surface area contributed by atoms with Gasteiger partial charge in [0.25, 0.3) is 0 Å². The Morgan fingerprint density at radius 3 is 2.70 bits per heavy atom. The molecule has 6 heteroatoms. The molecule has 0 aliphatic rings. The van der Waals surface area contributed by atoms with Gasteiger partial charge in [-0.25, -0.2) is 0 Å². The summed E-state index contributed by atoms with van der Waals surface area (Å²) in [6, 6.07) is 9.36. The van der Waals surface area contributed by atoms with E-state index in [4.69, 9.17) is 5.73 Å². The number of rotatable bonds is 2. The number of aromatic hydroxyl groups is 1. The molecule has 5 nitrogen and oxygen atoms in total. The van der Waals surface area contributed by atoms with Crippen LogP contribution in [0.1, 0.15) is 11.1 Å². The molecule has 0 unspecified atom stereocenters. The first-order valence-corrected chi connectivity index (χ1v) is 6.93. The lowest BCUT2D eigenvalue weighted by Gasteiger charge is -2.09. The van der Waals surface area contributed by atoms with Crippen molar-refractivity contribution in [1.29, 1.82) is 0 Å². The minimum absolute atomic E-state index is 0.123. The zero-order chi connectivity index (χ0) is 14.3. The van der Waals surface area contributed by atoms with Crippen molar-refractivity contribution in [1.82, 2.24) is 15.0 Å². The van der Waals surface area contributed by atoms with Gasteiger partial charge < -0.3 is 10.8 Å². The van der Waals surface area contributed by atoms with Crippen LogP contribution in [-0.2, 0) is 6.54 Å². The van der Waals surface area contributed by atoms with Gasteiger partial charge >= 0.3 is 0 Å². The van der Waals surface area contributed by atoms with Crippen LogP contribution in [0.2, 0.25) is 0 Å². The predicted octanol–water partition coefficient (Wildman–Crippen LogP) is 2.66. The second kappa shape index (κ2) is 4.88. The van der Waals surface area contributed by atoms with Gasteiger partial charge in [0.1, 0.15) is 22.5 Å². The van der Waals surface area contributed by atoms with Crippen LogP contribution in [0, 0.1) is 6.92 Å². The predicted molar refractivity (Wildman–Crippen MR) is 80.9 cm³/mol. The number of nitrogens with two attached hydrogens (primary N) is 1. The molecular formula is C14H13BrN4O. The smallest absolute Gasteiger partial charge is 0.147 e. The number of fused-ring (bicyclic) bond motifs is 1. The van der Waals surface area contributed by atoms with Crippen molar-refractivity contribution in [3.8, 4) is 11.4 Å². The first-order chi connectivity index (χ1) is 9.58. The first-order valence-electron chi connectivity index (χ1n) is 6.14. The highest BCUT2D eigenvalue weighted by molar-refractivity contribution is 9.10. The third-order valence-corrected chi connectivity index (χ3v) is 3.58. The Bertz CT molecular complexity index is 797. The second-order valence-electron chi connectivity index (χ2n) is 4.62. The Hall–Kier alpha value is -1.92. The van der Waals surface area contributed by atoms with E-state index in [1.807, 2.05) is 37.3 Å². The van der Waals surface area contributed by atoms with E-state index < -0.39 is 0 Å². The van der Waals surface area contributed by atoms with E-state index in [0.717, 1.165) is 21.1 Å². The van der Waals surface area contributed by atoms with Crippen molar-refractivity contribution in [3.63, 3.8) is 0 Å². The maximum absolute atomic E-state index is 10.3. The van der Waals surface area contributed by atoms with Crippen LogP contribution in [0.4, 0.5) is 0 Å². The number of phenolic OH excluding ortho intramolecular Hbond substituents is 1. The molecule has 0 radical (unpaired) electrons. The topological polar surface area (TPSA) is 77.0 Å². The number of benzene rings is 2. The fourth-order valence-electron chi connectivity index (χ4n) is 2.14. The number of aromatic nitrogens is 3. The van der Waals surface area contributed by atoms with E-state index >= 15 is 0 Å². The zero-order valence-electron chi connectivity index (χ0n) is 10.8. The zero-order valence-corrected chi connectivity index (χ0v) is 12.4. The first kappa shape index (κ1) is 13.1. The number of halogens is 1. The summed E-state index contributed by atoms with van der Waals surface area (Å²) < 4.78 is 0.938. The van der Waals surface area contributed by atoms with Gasteiger partial charge in [0, 0.05) is 16.6 Å². The lowest BCUT2D eigenvalue weighted by atomic mass is 10.1. The Kier molecular flexibility index (Phi) is 3.19. The fourth-order valence-corrected chi connectivity index (χ4v) is 2.49. The molecule has 0 aliphatic heterocycles. The summed E-state index contributed by atoms with van der Waals surface area (Å²) in [5, 5.41) is 19.0. The van der Waals surface area contributed by atoms with Crippen LogP contribution >= 0.6 is 15.9 Å². The molecule has 0 saturated heterocycles. The summed E-state index contributed by atoms with van der Waals surface area (Å²) in [7, 11) is 0. The molecule has 3 N–H and O–H groups in total. The minimum atomic E-state index is 0.123. The average Bonchev–Trinajstić information content (AvgIpc) is 2.83. The summed E-state index contributed by atoms with van der Waals surface area (Å²) in [4.78, 5) is 1.44. The van der Waals surface area contributed by atoms with E-state index in [1.54, 1.807) is 0 Å². The monoisotopic (exact) mass is 332 g/mol. The molecule has 0 bridgehead atoms. The van der Waals surface area contributed by atoms with Gasteiger partial charge in [0.2, 0.25) is 0 Å². The van der Waals surface area contributed by atoms with Gasteiger partial charge in [-0.3, -0.25) is 0 Å². The van der Waals surface area contributed by atoms with Gasteiger partial charge in [-0.15, -0.1) is 15.0 Å². The van der Waals surface area contributed by atoms with Crippen molar-refractivity contribution < 1.29 is 5.11 Å². The highest BCUT2D eigenvalue weighted by atomic mass is 79.9. The Morgan fingerprint density at radius 2 is 1.95 bits per heavy atom. The number of nitrogens with zero attached hydrogens (tertiary/aromatic N) is 3. The van der Waals surface area contributed by atoms with Crippen molar-refractivity contribution in [2.24, 2.45) is 5.73 Å². The minimum Gasteiger partial charge on any atom is -0.505 e. The molecule has 0 atom stereocenters. The number of hydrogen-bond acceptors (Lipinski definition) is 4. The summed E-state index contributed by atoms with van der Waals surface area (Å²) in [5.74, 6) is 0.123. The largest absolute Gasteiger partial charge is 0.505 e. The van der Waals surface area contributed by atoms with Crippen LogP contribution in [0.15, 0.2) is 34.8 Å². The lowest BCUT2D eigenvalue weighted by Crippen LogP contribution is -2.04. The fraction of sp³-hybridized carbons (Fsp3) is 0.143. The van der Waals surface area contributed by atoms with Gasteiger partial charge in [-0.2, -0.15) is 0 Å².